The van der Waals surface area contributed by atoms with Crippen LogP contribution in [0.1, 0.15) is 44.1 Å². The summed E-state index contributed by atoms with van der Waals surface area (Å²) in [6.07, 6.45) is 5.97. The zero-order valence-corrected chi connectivity index (χ0v) is 13.5. The molecular weight excluding hydrogens is 272 g/mol. The molecule has 1 aliphatic rings. The Balaban J connectivity index is 1.74. The maximum Gasteiger partial charge on any atom is 0.151 e. The number of aryl methyl sites for hydroxylation is 1. The molecule has 1 aliphatic heterocycles. The number of hydrogen-bond acceptors (Lipinski definition) is 3. The second-order valence-corrected chi connectivity index (χ2v) is 6.32. The van der Waals surface area contributed by atoms with E-state index in [1.807, 2.05) is 0 Å². The summed E-state index contributed by atoms with van der Waals surface area (Å²) in [5.74, 6) is 1.78. The molecule has 0 aromatic carbocycles. The highest BCUT2D eigenvalue weighted by Crippen LogP contribution is 2.16. The molecule has 1 aromatic heterocycles. The van der Waals surface area contributed by atoms with E-state index in [0.717, 1.165) is 43.4 Å². The molecule has 0 saturated carbocycles. The second kappa shape index (κ2) is 8.01. The monoisotopic (exact) mass is 298 g/mol. The number of unbranched alkanes of at least 4 members (excludes halogenated alkanes) is 1. The first-order chi connectivity index (χ1) is 9.69. The van der Waals surface area contributed by atoms with E-state index in [1.54, 1.807) is 0 Å². The van der Waals surface area contributed by atoms with Gasteiger partial charge in [-0.05, 0) is 45.3 Å². The number of imidazole rings is 1. The molecule has 20 heavy (non-hydrogen) atoms. The van der Waals surface area contributed by atoms with Crippen molar-refractivity contribution in [3.8, 4) is 0 Å². The molecule has 2 N–H and O–H groups in total. The molecule has 0 amide bonds. The van der Waals surface area contributed by atoms with E-state index in [-0.39, 0.29) is 0 Å². The molecular formula is C15H27ClN4. The van der Waals surface area contributed by atoms with E-state index in [9.17, 15) is 0 Å². The third kappa shape index (κ3) is 4.76. The van der Waals surface area contributed by atoms with Gasteiger partial charge in [0.15, 0.2) is 5.15 Å². The molecule has 1 saturated heterocycles. The average molecular weight is 299 g/mol. The molecule has 0 aliphatic carbocycles. The van der Waals surface area contributed by atoms with Crippen molar-refractivity contribution in [1.82, 2.24) is 20.2 Å². The number of nitrogens with one attached hydrogen (secondary N) is 2. The van der Waals surface area contributed by atoms with Crippen molar-refractivity contribution in [1.29, 1.82) is 0 Å². The van der Waals surface area contributed by atoms with Crippen LogP contribution in [0, 0.1) is 5.92 Å². The zero-order valence-electron chi connectivity index (χ0n) is 12.7. The van der Waals surface area contributed by atoms with Crippen LogP contribution < -0.4 is 5.32 Å². The van der Waals surface area contributed by atoms with Gasteiger partial charge >= 0.3 is 0 Å². The highest BCUT2D eigenvalue weighted by molar-refractivity contribution is 6.30. The number of hydrogen-bond donors (Lipinski definition) is 2. The second-order valence-electron chi connectivity index (χ2n) is 5.96. The summed E-state index contributed by atoms with van der Waals surface area (Å²) >= 11 is 6.18. The lowest BCUT2D eigenvalue weighted by atomic mass is 9.98. The fraction of sp³-hybridized carbons (Fsp3) is 0.800. The highest BCUT2D eigenvalue weighted by atomic mass is 35.5. The van der Waals surface area contributed by atoms with Gasteiger partial charge in [0.1, 0.15) is 5.82 Å². The van der Waals surface area contributed by atoms with E-state index in [0.29, 0.717) is 5.15 Å². The summed E-state index contributed by atoms with van der Waals surface area (Å²) in [6, 6.07) is 0. The van der Waals surface area contributed by atoms with E-state index in [4.69, 9.17) is 11.6 Å². The van der Waals surface area contributed by atoms with E-state index >= 15 is 0 Å². The van der Waals surface area contributed by atoms with Gasteiger partial charge < -0.3 is 15.2 Å². The SMILES string of the molecule is CCCCc1nc(Cl)c(CNCC2CCCN(C)C2)[nH]1. The molecule has 1 atom stereocenters. The molecule has 0 bridgehead atoms. The quantitative estimate of drug-likeness (QED) is 0.813. The molecule has 4 nitrogen and oxygen atoms in total. The minimum absolute atomic E-state index is 0.629. The highest BCUT2D eigenvalue weighted by Gasteiger charge is 2.17. The summed E-state index contributed by atoms with van der Waals surface area (Å²) in [4.78, 5) is 10.2. The first kappa shape index (κ1) is 15.8. The molecule has 114 valence electrons. The predicted octanol–water partition coefficient (Wildman–Crippen LogP) is 2.84. The normalized spacial score (nSPS) is 20.4. The van der Waals surface area contributed by atoms with Gasteiger partial charge in [-0.1, -0.05) is 24.9 Å². The third-order valence-electron chi connectivity index (χ3n) is 4.00. The topological polar surface area (TPSA) is 44.0 Å². The first-order valence-corrected chi connectivity index (χ1v) is 8.19. The van der Waals surface area contributed by atoms with Crippen LogP contribution in [-0.2, 0) is 13.0 Å². The molecule has 2 rings (SSSR count). The molecule has 2 heterocycles. The van der Waals surface area contributed by atoms with E-state index < -0.39 is 0 Å². The van der Waals surface area contributed by atoms with Crippen LogP contribution in [0.25, 0.3) is 0 Å². The van der Waals surface area contributed by atoms with Crippen LogP contribution in [-0.4, -0.2) is 41.5 Å². The lowest BCUT2D eigenvalue weighted by molar-refractivity contribution is 0.206. The Morgan fingerprint density at radius 2 is 2.35 bits per heavy atom. The average Bonchev–Trinajstić information content (AvgIpc) is 2.77. The van der Waals surface area contributed by atoms with Gasteiger partial charge in [-0.2, -0.15) is 0 Å². The third-order valence-corrected chi connectivity index (χ3v) is 4.31. The Kier molecular flexibility index (Phi) is 6.33. The van der Waals surface area contributed by atoms with Crippen LogP contribution in [0.2, 0.25) is 5.15 Å². The van der Waals surface area contributed by atoms with Crippen LogP contribution in [0.3, 0.4) is 0 Å². The minimum atomic E-state index is 0.629. The standard InChI is InChI=1S/C15H27ClN4/c1-3-4-7-14-18-13(15(16)19-14)10-17-9-12-6-5-8-20(2)11-12/h12,17H,3-11H2,1-2H3,(H,18,19). The number of nitrogens with zero attached hydrogens (tertiary/aromatic N) is 2. The largest absolute Gasteiger partial charge is 0.344 e. The summed E-state index contributed by atoms with van der Waals surface area (Å²) in [7, 11) is 2.21. The number of aromatic nitrogens is 2. The molecule has 1 fully saturated rings. The van der Waals surface area contributed by atoms with Crippen molar-refractivity contribution in [3.63, 3.8) is 0 Å². The lowest BCUT2D eigenvalue weighted by Gasteiger charge is -2.29. The van der Waals surface area contributed by atoms with Crippen molar-refractivity contribution in [2.75, 3.05) is 26.7 Å². The van der Waals surface area contributed by atoms with Gasteiger partial charge in [0.25, 0.3) is 0 Å². The number of piperidine rings is 1. The number of aromatic amines is 1. The summed E-state index contributed by atoms with van der Waals surface area (Å²) in [5, 5.41) is 4.15. The lowest BCUT2D eigenvalue weighted by Crippen LogP contribution is -2.37. The van der Waals surface area contributed by atoms with Crippen molar-refractivity contribution in [2.24, 2.45) is 5.92 Å². The number of likely N-dealkylation sites (tertiary alicyclic amines) is 1. The molecule has 0 radical (unpaired) electrons. The van der Waals surface area contributed by atoms with Crippen LogP contribution in [0.4, 0.5) is 0 Å². The Bertz CT molecular complexity index is 405. The minimum Gasteiger partial charge on any atom is -0.344 e. The molecule has 0 spiro atoms. The number of rotatable bonds is 7. The Hall–Kier alpha value is -0.580. The van der Waals surface area contributed by atoms with E-state index in [1.165, 1.54) is 32.4 Å². The zero-order chi connectivity index (χ0) is 14.4. The van der Waals surface area contributed by atoms with Crippen LogP contribution in [0.5, 0.6) is 0 Å². The van der Waals surface area contributed by atoms with Crippen molar-refractivity contribution < 1.29 is 0 Å². The Labute approximate surface area is 127 Å². The Morgan fingerprint density at radius 1 is 1.50 bits per heavy atom. The fourth-order valence-electron chi connectivity index (χ4n) is 2.86. The fourth-order valence-corrected chi connectivity index (χ4v) is 3.08. The smallest absolute Gasteiger partial charge is 0.151 e. The molecule has 1 aromatic rings. The predicted molar refractivity (Wildman–Crippen MR) is 84.1 cm³/mol. The number of halogens is 1. The maximum absolute atomic E-state index is 6.18. The van der Waals surface area contributed by atoms with Gasteiger partial charge in [-0.15, -0.1) is 0 Å². The van der Waals surface area contributed by atoms with Gasteiger partial charge in [-0.3, -0.25) is 0 Å². The van der Waals surface area contributed by atoms with Crippen molar-refractivity contribution in [3.05, 3.63) is 16.7 Å². The maximum atomic E-state index is 6.18. The van der Waals surface area contributed by atoms with Gasteiger partial charge in [0.2, 0.25) is 0 Å². The van der Waals surface area contributed by atoms with Crippen LogP contribution >= 0.6 is 11.6 Å². The first-order valence-electron chi connectivity index (χ1n) is 7.81. The summed E-state index contributed by atoms with van der Waals surface area (Å²) in [6.45, 7) is 6.48. The van der Waals surface area contributed by atoms with Crippen molar-refractivity contribution >= 4 is 11.6 Å². The number of H-pyrrole nitrogens is 1. The van der Waals surface area contributed by atoms with Gasteiger partial charge in [-0.25, -0.2) is 4.98 Å². The molecule has 1 unspecified atom stereocenters. The van der Waals surface area contributed by atoms with Crippen molar-refractivity contribution in [2.45, 2.75) is 45.6 Å². The summed E-state index contributed by atoms with van der Waals surface area (Å²) < 4.78 is 0. The van der Waals surface area contributed by atoms with Gasteiger partial charge in [0, 0.05) is 19.5 Å². The summed E-state index contributed by atoms with van der Waals surface area (Å²) in [5.41, 5.74) is 1.03. The van der Waals surface area contributed by atoms with Crippen LogP contribution in [0.15, 0.2) is 0 Å². The van der Waals surface area contributed by atoms with E-state index in [2.05, 4.69) is 34.2 Å². The van der Waals surface area contributed by atoms with Gasteiger partial charge in [0.05, 0.1) is 5.69 Å². The Morgan fingerprint density at radius 3 is 3.10 bits per heavy atom. The molecule has 5 heteroatoms.